The van der Waals surface area contributed by atoms with Crippen molar-refractivity contribution in [2.24, 2.45) is 5.73 Å². The molecule has 0 unspecified atom stereocenters. The van der Waals surface area contributed by atoms with Crippen molar-refractivity contribution >= 4 is 11.6 Å². The lowest BCUT2D eigenvalue weighted by Crippen LogP contribution is -2.01. The molecule has 0 aliphatic rings. The first-order chi connectivity index (χ1) is 8.31. The van der Waals surface area contributed by atoms with Gasteiger partial charge in [-0.1, -0.05) is 11.6 Å². The molecule has 0 bridgehead atoms. The lowest BCUT2D eigenvalue weighted by Gasteiger charge is -2.00. The molecule has 0 fully saturated rings. The Morgan fingerprint density at radius 1 is 1.35 bits per heavy atom. The molecular formula is C12H15ClN4. The fourth-order valence-electron chi connectivity index (χ4n) is 1.63. The van der Waals surface area contributed by atoms with Crippen molar-refractivity contribution in [3.63, 3.8) is 0 Å². The van der Waals surface area contributed by atoms with E-state index in [1.54, 1.807) is 18.5 Å². The zero-order valence-electron chi connectivity index (χ0n) is 9.51. The zero-order valence-corrected chi connectivity index (χ0v) is 10.3. The number of aromatic nitrogens is 3. The summed E-state index contributed by atoms with van der Waals surface area (Å²) in [5.74, 6) is 0. The minimum absolute atomic E-state index is 0.673. The molecule has 2 rings (SSSR count). The van der Waals surface area contributed by atoms with E-state index >= 15 is 0 Å². The Kier molecular flexibility index (Phi) is 4.12. The molecule has 4 nitrogen and oxygen atoms in total. The predicted molar refractivity (Wildman–Crippen MR) is 68.8 cm³/mol. The summed E-state index contributed by atoms with van der Waals surface area (Å²) in [4.78, 5) is 8.39. The predicted octanol–water partition coefficient (Wildman–Crippen LogP) is 2.34. The molecule has 90 valence electrons. The molecule has 0 radical (unpaired) electrons. The number of nitrogens with two attached hydrogens (primary N) is 1. The standard InChI is InChI=1S/C12H15ClN4/c13-11-3-5-15-7-10(11)12-8-17(9-16-12)6-2-1-4-14/h3,5,7-9H,1-2,4,6,14H2. The van der Waals surface area contributed by atoms with Crippen molar-refractivity contribution < 1.29 is 0 Å². The van der Waals surface area contributed by atoms with Crippen LogP contribution in [0.5, 0.6) is 0 Å². The first kappa shape index (κ1) is 12.1. The number of unbranched alkanes of at least 4 members (excludes halogenated alkanes) is 1. The first-order valence-corrected chi connectivity index (χ1v) is 6.01. The third-order valence-electron chi connectivity index (χ3n) is 2.55. The van der Waals surface area contributed by atoms with E-state index in [0.717, 1.165) is 37.2 Å². The molecule has 2 aromatic rings. The van der Waals surface area contributed by atoms with Gasteiger partial charge in [0.1, 0.15) is 0 Å². The summed E-state index contributed by atoms with van der Waals surface area (Å²) in [6.45, 7) is 1.66. The van der Waals surface area contributed by atoms with E-state index in [9.17, 15) is 0 Å². The molecule has 0 atom stereocenters. The van der Waals surface area contributed by atoms with Crippen LogP contribution in [-0.4, -0.2) is 21.1 Å². The highest BCUT2D eigenvalue weighted by atomic mass is 35.5. The maximum atomic E-state index is 6.09. The second-order valence-electron chi connectivity index (χ2n) is 3.85. The van der Waals surface area contributed by atoms with E-state index in [2.05, 4.69) is 9.97 Å². The molecule has 5 heteroatoms. The van der Waals surface area contributed by atoms with Crippen LogP contribution in [0.15, 0.2) is 31.0 Å². The van der Waals surface area contributed by atoms with Gasteiger partial charge in [0.25, 0.3) is 0 Å². The van der Waals surface area contributed by atoms with E-state index in [4.69, 9.17) is 17.3 Å². The maximum absolute atomic E-state index is 6.09. The molecule has 0 aromatic carbocycles. The number of pyridine rings is 1. The molecule has 2 heterocycles. The summed E-state index contributed by atoms with van der Waals surface area (Å²) >= 11 is 6.09. The summed E-state index contributed by atoms with van der Waals surface area (Å²) in [6.07, 6.45) is 9.29. The van der Waals surface area contributed by atoms with Crippen LogP contribution in [0.4, 0.5) is 0 Å². The summed E-state index contributed by atoms with van der Waals surface area (Å²) in [6, 6.07) is 1.77. The summed E-state index contributed by atoms with van der Waals surface area (Å²) in [5.41, 5.74) is 7.18. The Bertz CT molecular complexity index is 481. The van der Waals surface area contributed by atoms with E-state index in [1.165, 1.54) is 0 Å². The number of aryl methyl sites for hydroxylation is 1. The van der Waals surface area contributed by atoms with Crippen LogP contribution in [0.1, 0.15) is 12.8 Å². The summed E-state index contributed by atoms with van der Waals surface area (Å²) in [7, 11) is 0. The topological polar surface area (TPSA) is 56.7 Å². The number of hydrogen-bond acceptors (Lipinski definition) is 3. The molecule has 0 saturated carbocycles. The molecule has 0 amide bonds. The number of nitrogens with zero attached hydrogens (tertiary/aromatic N) is 3. The fraction of sp³-hybridized carbons (Fsp3) is 0.333. The van der Waals surface area contributed by atoms with Crippen LogP contribution >= 0.6 is 11.6 Å². The largest absolute Gasteiger partial charge is 0.337 e. The average Bonchev–Trinajstić information content (AvgIpc) is 2.79. The van der Waals surface area contributed by atoms with Crippen LogP contribution in [-0.2, 0) is 6.54 Å². The third-order valence-corrected chi connectivity index (χ3v) is 2.88. The maximum Gasteiger partial charge on any atom is 0.0953 e. The number of hydrogen-bond donors (Lipinski definition) is 1. The van der Waals surface area contributed by atoms with Gasteiger partial charge in [-0.25, -0.2) is 4.98 Å². The second-order valence-corrected chi connectivity index (χ2v) is 4.26. The van der Waals surface area contributed by atoms with E-state index in [0.29, 0.717) is 5.02 Å². The van der Waals surface area contributed by atoms with Gasteiger partial charge in [0, 0.05) is 30.7 Å². The second kappa shape index (κ2) is 5.80. The normalized spacial score (nSPS) is 10.7. The van der Waals surface area contributed by atoms with Gasteiger partial charge < -0.3 is 10.3 Å². The van der Waals surface area contributed by atoms with Crippen LogP contribution < -0.4 is 5.73 Å². The van der Waals surface area contributed by atoms with Crippen molar-refractivity contribution in [1.82, 2.24) is 14.5 Å². The highest BCUT2D eigenvalue weighted by molar-refractivity contribution is 6.33. The van der Waals surface area contributed by atoms with Crippen LogP contribution in [0.3, 0.4) is 0 Å². The van der Waals surface area contributed by atoms with Crippen molar-refractivity contribution in [3.05, 3.63) is 36.0 Å². The minimum Gasteiger partial charge on any atom is -0.337 e. The Morgan fingerprint density at radius 2 is 2.24 bits per heavy atom. The van der Waals surface area contributed by atoms with Gasteiger partial charge in [-0.3, -0.25) is 4.98 Å². The van der Waals surface area contributed by atoms with Crippen LogP contribution in [0, 0.1) is 0 Å². The Hall–Kier alpha value is -1.39. The van der Waals surface area contributed by atoms with Gasteiger partial charge in [-0.15, -0.1) is 0 Å². The lowest BCUT2D eigenvalue weighted by molar-refractivity contribution is 0.614. The monoisotopic (exact) mass is 250 g/mol. The molecule has 0 saturated heterocycles. The van der Waals surface area contributed by atoms with Gasteiger partial charge in [0.05, 0.1) is 17.0 Å². The molecule has 0 aliphatic carbocycles. The van der Waals surface area contributed by atoms with Crippen molar-refractivity contribution in [2.75, 3.05) is 6.54 Å². The Morgan fingerprint density at radius 3 is 3.00 bits per heavy atom. The van der Waals surface area contributed by atoms with Gasteiger partial charge in [0.15, 0.2) is 0 Å². The SMILES string of the molecule is NCCCCn1cnc(-c2cnccc2Cl)c1. The molecule has 17 heavy (non-hydrogen) atoms. The molecule has 2 N–H and O–H groups in total. The molecular weight excluding hydrogens is 236 g/mol. The van der Waals surface area contributed by atoms with Crippen molar-refractivity contribution in [1.29, 1.82) is 0 Å². The van der Waals surface area contributed by atoms with Gasteiger partial charge >= 0.3 is 0 Å². The molecule has 0 aliphatic heterocycles. The van der Waals surface area contributed by atoms with Crippen LogP contribution in [0.2, 0.25) is 5.02 Å². The van der Waals surface area contributed by atoms with Gasteiger partial charge in [0.2, 0.25) is 0 Å². The number of halogens is 1. The Balaban J connectivity index is 2.10. The van der Waals surface area contributed by atoms with E-state index in [1.807, 2.05) is 17.1 Å². The highest BCUT2D eigenvalue weighted by Crippen LogP contribution is 2.24. The third kappa shape index (κ3) is 3.05. The average molecular weight is 251 g/mol. The lowest BCUT2D eigenvalue weighted by atomic mass is 10.2. The number of imidazole rings is 1. The summed E-state index contributed by atoms with van der Waals surface area (Å²) in [5, 5.41) is 0.673. The van der Waals surface area contributed by atoms with Gasteiger partial charge in [-0.05, 0) is 25.5 Å². The summed E-state index contributed by atoms with van der Waals surface area (Å²) < 4.78 is 2.05. The fourth-order valence-corrected chi connectivity index (χ4v) is 1.83. The van der Waals surface area contributed by atoms with Crippen molar-refractivity contribution in [2.45, 2.75) is 19.4 Å². The molecule has 2 aromatic heterocycles. The minimum atomic E-state index is 0.673. The zero-order chi connectivity index (χ0) is 12.1. The van der Waals surface area contributed by atoms with Crippen LogP contribution in [0.25, 0.3) is 11.3 Å². The highest BCUT2D eigenvalue weighted by Gasteiger charge is 2.06. The number of rotatable bonds is 5. The Labute approximate surface area is 105 Å². The first-order valence-electron chi connectivity index (χ1n) is 5.63. The smallest absolute Gasteiger partial charge is 0.0953 e. The van der Waals surface area contributed by atoms with Crippen molar-refractivity contribution in [3.8, 4) is 11.3 Å². The van der Waals surface area contributed by atoms with Gasteiger partial charge in [-0.2, -0.15) is 0 Å². The quantitative estimate of drug-likeness (QED) is 0.829. The molecule has 0 spiro atoms. The van der Waals surface area contributed by atoms with E-state index < -0.39 is 0 Å². The van der Waals surface area contributed by atoms with E-state index in [-0.39, 0.29) is 0 Å².